The lowest BCUT2D eigenvalue weighted by Gasteiger charge is -2.26. The van der Waals surface area contributed by atoms with Crippen molar-refractivity contribution in [1.29, 1.82) is 0 Å². The molecule has 0 amide bonds. The quantitative estimate of drug-likeness (QED) is 0.0161. The number of anilines is 3. The third-order valence-electron chi connectivity index (χ3n) is 9.60. The van der Waals surface area contributed by atoms with Crippen molar-refractivity contribution in [2.45, 2.75) is 97.8 Å². The standard InChI is InChI=1S/C45H60N6O10/c1-6-10-12-14-16-18-24-49(25-19-17-15-13-11-7-2)35-20-22-37(34(5)30-35)46-39-32-43(59-27-29-61-45(53)9-4)40(33-42(39)58-26-28-60-44(52)8-3)48-47-38-23-21-36(50(54)55)31-41(38)51(56)57/h8-9,20-23,30-33,46H,3-4,6-7,10-19,24-29H2,1-2,5H3. The molecule has 0 saturated heterocycles. The predicted octanol–water partition coefficient (Wildman–Crippen LogP) is 11.7. The number of carbonyl (C=O) groups excluding carboxylic acids is 2. The number of nitro benzene ring substituents is 2. The summed E-state index contributed by atoms with van der Waals surface area (Å²) in [5, 5.41) is 34.8. The Kier molecular flexibility index (Phi) is 22.1. The van der Waals surface area contributed by atoms with Gasteiger partial charge in [-0.1, -0.05) is 91.2 Å². The molecule has 0 aromatic heterocycles. The zero-order valence-electron chi connectivity index (χ0n) is 35.7. The number of hydrogen-bond acceptors (Lipinski definition) is 14. The average Bonchev–Trinajstić information content (AvgIpc) is 3.25. The van der Waals surface area contributed by atoms with Crippen molar-refractivity contribution < 1.29 is 38.4 Å². The second kappa shape index (κ2) is 27.4. The molecule has 3 rings (SSSR count). The number of ether oxygens (including phenoxy) is 4. The van der Waals surface area contributed by atoms with Crippen molar-refractivity contribution in [1.82, 2.24) is 0 Å². The fourth-order valence-corrected chi connectivity index (χ4v) is 6.30. The zero-order chi connectivity index (χ0) is 44.4. The van der Waals surface area contributed by atoms with E-state index in [0.717, 1.165) is 73.2 Å². The van der Waals surface area contributed by atoms with Crippen molar-refractivity contribution >= 4 is 51.8 Å². The maximum absolute atomic E-state index is 11.8. The molecule has 0 aliphatic rings. The first-order valence-electron chi connectivity index (χ1n) is 21.0. The number of nitrogens with zero attached hydrogens (tertiary/aromatic N) is 5. The summed E-state index contributed by atoms with van der Waals surface area (Å²) in [6.45, 7) is 14.8. The van der Waals surface area contributed by atoms with Gasteiger partial charge in [-0.25, -0.2) is 9.59 Å². The number of nitro groups is 2. The molecule has 0 aliphatic carbocycles. The van der Waals surface area contributed by atoms with Crippen molar-refractivity contribution in [3.05, 3.63) is 99.6 Å². The minimum atomic E-state index is -0.797. The number of hydrogen-bond donors (Lipinski definition) is 1. The molecule has 0 unspecified atom stereocenters. The van der Waals surface area contributed by atoms with Crippen LogP contribution in [0, 0.1) is 27.2 Å². The molecular formula is C45H60N6O10. The molecule has 0 saturated carbocycles. The Hall–Kier alpha value is -6.32. The number of rotatable bonds is 31. The molecule has 16 nitrogen and oxygen atoms in total. The Balaban J connectivity index is 2.02. The van der Waals surface area contributed by atoms with E-state index in [-0.39, 0.29) is 49.3 Å². The van der Waals surface area contributed by atoms with Crippen molar-refractivity contribution in [3.8, 4) is 11.5 Å². The number of esters is 2. The van der Waals surface area contributed by atoms with Gasteiger partial charge in [0.05, 0.1) is 21.6 Å². The van der Waals surface area contributed by atoms with Crippen LogP contribution in [0.25, 0.3) is 0 Å². The van der Waals surface area contributed by atoms with Crippen LogP contribution in [0.15, 0.2) is 84.1 Å². The van der Waals surface area contributed by atoms with Gasteiger partial charge in [0.1, 0.15) is 43.6 Å². The van der Waals surface area contributed by atoms with E-state index in [1.807, 2.05) is 13.0 Å². The first kappa shape index (κ1) is 49.0. The lowest BCUT2D eigenvalue weighted by molar-refractivity contribution is -0.393. The Morgan fingerprint density at radius 3 is 1.77 bits per heavy atom. The topological polar surface area (TPSA) is 197 Å². The molecule has 0 aliphatic heterocycles. The van der Waals surface area contributed by atoms with Crippen molar-refractivity contribution in [2.24, 2.45) is 10.2 Å². The lowest BCUT2D eigenvalue weighted by Crippen LogP contribution is -2.25. The summed E-state index contributed by atoms with van der Waals surface area (Å²) in [6, 6.07) is 12.3. The van der Waals surface area contributed by atoms with Crippen LogP contribution in [0.4, 0.5) is 39.8 Å². The van der Waals surface area contributed by atoms with E-state index >= 15 is 0 Å². The first-order chi connectivity index (χ1) is 29.5. The summed E-state index contributed by atoms with van der Waals surface area (Å²) in [5.41, 5.74) is 1.99. The van der Waals surface area contributed by atoms with Crippen LogP contribution >= 0.6 is 0 Å². The van der Waals surface area contributed by atoms with Crippen LogP contribution in [0.1, 0.15) is 96.5 Å². The lowest BCUT2D eigenvalue weighted by atomic mass is 10.1. The number of azo groups is 1. The number of aryl methyl sites for hydroxylation is 1. The zero-order valence-corrected chi connectivity index (χ0v) is 35.7. The molecule has 0 atom stereocenters. The molecule has 0 fully saturated rings. The molecule has 16 heteroatoms. The van der Waals surface area contributed by atoms with E-state index in [4.69, 9.17) is 18.9 Å². The molecule has 0 bridgehead atoms. The van der Waals surface area contributed by atoms with Crippen LogP contribution in [0.5, 0.6) is 11.5 Å². The molecule has 0 heterocycles. The van der Waals surface area contributed by atoms with Crippen LogP contribution in [0.3, 0.4) is 0 Å². The molecule has 61 heavy (non-hydrogen) atoms. The van der Waals surface area contributed by atoms with E-state index in [1.165, 1.54) is 70.3 Å². The summed E-state index contributed by atoms with van der Waals surface area (Å²) in [5.74, 6) is -0.897. The van der Waals surface area contributed by atoms with Gasteiger partial charge in [0.2, 0.25) is 0 Å². The summed E-state index contributed by atoms with van der Waals surface area (Å²) in [4.78, 5) is 47.5. The van der Waals surface area contributed by atoms with Gasteiger partial charge in [-0.2, -0.15) is 0 Å². The third-order valence-corrected chi connectivity index (χ3v) is 9.60. The fourth-order valence-electron chi connectivity index (χ4n) is 6.30. The van der Waals surface area contributed by atoms with Crippen LogP contribution in [-0.2, 0) is 19.1 Å². The predicted molar refractivity (Wildman–Crippen MR) is 237 cm³/mol. The molecule has 0 radical (unpaired) electrons. The van der Waals surface area contributed by atoms with Gasteiger partial charge in [-0.15, -0.1) is 10.2 Å². The van der Waals surface area contributed by atoms with E-state index in [0.29, 0.717) is 5.69 Å². The van der Waals surface area contributed by atoms with Gasteiger partial charge in [0, 0.05) is 54.8 Å². The maximum atomic E-state index is 11.8. The van der Waals surface area contributed by atoms with Crippen molar-refractivity contribution in [2.75, 3.05) is 49.7 Å². The van der Waals surface area contributed by atoms with Gasteiger partial charge in [0.15, 0.2) is 5.69 Å². The van der Waals surface area contributed by atoms with Gasteiger partial charge < -0.3 is 29.2 Å². The summed E-state index contributed by atoms with van der Waals surface area (Å²) in [7, 11) is 0. The van der Waals surface area contributed by atoms with Crippen molar-refractivity contribution in [3.63, 3.8) is 0 Å². The van der Waals surface area contributed by atoms with Crippen LogP contribution in [-0.4, -0.2) is 61.3 Å². The second-order valence-electron chi connectivity index (χ2n) is 14.3. The second-order valence-corrected chi connectivity index (χ2v) is 14.3. The summed E-state index contributed by atoms with van der Waals surface area (Å²) >= 11 is 0. The normalized spacial score (nSPS) is 10.9. The highest BCUT2D eigenvalue weighted by atomic mass is 16.6. The highest BCUT2D eigenvalue weighted by molar-refractivity contribution is 5.81. The highest BCUT2D eigenvalue weighted by Gasteiger charge is 2.21. The largest absolute Gasteiger partial charge is 0.488 e. The minimum Gasteiger partial charge on any atom is -0.488 e. The molecule has 330 valence electrons. The molecular weight excluding hydrogens is 785 g/mol. The monoisotopic (exact) mass is 844 g/mol. The smallest absolute Gasteiger partial charge is 0.330 e. The SMILES string of the molecule is C=CC(=O)OCCOc1cc(Nc2ccc(N(CCCCCCCC)CCCCCCCC)cc2C)c(OCCOC(=O)C=C)cc1N=Nc1ccc([N+](=O)[O-])cc1[N+](=O)[O-]. The summed E-state index contributed by atoms with van der Waals surface area (Å²) < 4.78 is 22.3. The van der Waals surface area contributed by atoms with Gasteiger partial charge in [-0.3, -0.25) is 20.2 Å². The van der Waals surface area contributed by atoms with Crippen LogP contribution in [0.2, 0.25) is 0 Å². The molecule has 0 spiro atoms. The maximum Gasteiger partial charge on any atom is 0.330 e. The van der Waals surface area contributed by atoms with Gasteiger partial charge >= 0.3 is 17.6 Å². The number of benzene rings is 3. The Bertz CT molecular complexity index is 1940. The number of carbonyl (C=O) groups is 2. The first-order valence-corrected chi connectivity index (χ1v) is 21.0. The average molecular weight is 845 g/mol. The fraction of sp³-hybridized carbons (Fsp3) is 0.467. The molecule has 3 aromatic carbocycles. The van der Waals surface area contributed by atoms with E-state index in [2.05, 4.69) is 59.6 Å². The number of unbranched alkanes of at least 4 members (excludes halogenated alkanes) is 10. The van der Waals surface area contributed by atoms with E-state index in [9.17, 15) is 29.8 Å². The van der Waals surface area contributed by atoms with E-state index in [1.54, 1.807) is 6.07 Å². The van der Waals surface area contributed by atoms with E-state index < -0.39 is 33.2 Å². The molecule has 3 aromatic rings. The Labute approximate surface area is 358 Å². The third kappa shape index (κ3) is 17.4. The Morgan fingerprint density at radius 2 is 1.23 bits per heavy atom. The highest BCUT2D eigenvalue weighted by Crippen LogP contribution is 2.42. The van der Waals surface area contributed by atoms with Crippen LogP contribution < -0.4 is 19.7 Å². The number of non-ortho nitro benzene ring substituents is 1. The molecule has 1 N–H and O–H groups in total. The summed E-state index contributed by atoms with van der Waals surface area (Å²) in [6.07, 6.45) is 16.7. The van der Waals surface area contributed by atoms with Gasteiger partial charge in [-0.05, 0) is 49.6 Å². The number of nitrogens with one attached hydrogen (secondary N) is 1. The minimum absolute atomic E-state index is 0.0541. The Morgan fingerprint density at radius 1 is 0.672 bits per heavy atom. The van der Waals surface area contributed by atoms with Gasteiger partial charge in [0.25, 0.3) is 5.69 Å².